The molecule has 0 fully saturated rings. The molecule has 0 amide bonds. The van der Waals surface area contributed by atoms with Gasteiger partial charge < -0.3 is 0 Å². The van der Waals surface area contributed by atoms with Crippen molar-refractivity contribution in [1.82, 2.24) is 4.98 Å². The minimum absolute atomic E-state index is 0.0427. The zero-order valence-electron chi connectivity index (χ0n) is 12.0. The van der Waals surface area contributed by atoms with Crippen LogP contribution in [-0.4, -0.2) is 13.4 Å². The van der Waals surface area contributed by atoms with E-state index >= 15 is 0 Å². The molecule has 0 aliphatic heterocycles. The molecule has 22 heavy (non-hydrogen) atoms. The van der Waals surface area contributed by atoms with E-state index in [4.69, 9.17) is 11.6 Å². The number of rotatable bonds is 3. The van der Waals surface area contributed by atoms with Gasteiger partial charge in [-0.3, -0.25) is 4.98 Å². The number of hydrogen-bond acceptors (Lipinski definition) is 3. The Morgan fingerprint density at radius 2 is 1.82 bits per heavy atom. The lowest BCUT2D eigenvalue weighted by molar-refractivity contribution is 0.596. The molecule has 0 bridgehead atoms. The predicted molar refractivity (Wildman–Crippen MR) is 88.0 cm³/mol. The fraction of sp³-hybridized carbons (Fsp3) is 0.118. The fourth-order valence-corrected chi connectivity index (χ4v) is 4.13. The Balaban J connectivity index is 2.26. The summed E-state index contributed by atoms with van der Waals surface area (Å²) in [5.74, 6) is 0. The third-order valence-electron chi connectivity index (χ3n) is 3.59. The SMILES string of the molecule is CCc1ccc2ncc(S(=O)(=O)c3ccccc3)c(Cl)c2c1. The van der Waals surface area contributed by atoms with E-state index in [2.05, 4.69) is 4.98 Å². The Bertz CT molecular complexity index is 938. The first-order valence-electron chi connectivity index (χ1n) is 6.91. The van der Waals surface area contributed by atoms with Crippen molar-refractivity contribution in [3.05, 3.63) is 65.3 Å². The van der Waals surface area contributed by atoms with Crippen molar-refractivity contribution >= 4 is 32.3 Å². The smallest absolute Gasteiger partial charge is 0.209 e. The van der Waals surface area contributed by atoms with E-state index in [9.17, 15) is 8.42 Å². The average molecular weight is 332 g/mol. The number of sulfone groups is 1. The Hall–Kier alpha value is -1.91. The van der Waals surface area contributed by atoms with Crippen molar-refractivity contribution in [3.8, 4) is 0 Å². The van der Waals surface area contributed by atoms with Gasteiger partial charge >= 0.3 is 0 Å². The summed E-state index contributed by atoms with van der Waals surface area (Å²) in [4.78, 5) is 4.50. The second-order valence-electron chi connectivity index (χ2n) is 4.96. The maximum atomic E-state index is 12.7. The van der Waals surface area contributed by atoms with Crippen LogP contribution in [0.5, 0.6) is 0 Å². The summed E-state index contributed by atoms with van der Waals surface area (Å²) in [5.41, 5.74) is 1.78. The summed E-state index contributed by atoms with van der Waals surface area (Å²) in [7, 11) is -3.68. The number of nitrogens with zero attached hydrogens (tertiary/aromatic N) is 1. The highest BCUT2D eigenvalue weighted by Crippen LogP contribution is 2.32. The summed E-state index contributed by atoms with van der Waals surface area (Å²) in [6, 6.07) is 14.0. The highest BCUT2D eigenvalue weighted by atomic mass is 35.5. The molecule has 5 heteroatoms. The van der Waals surface area contributed by atoms with E-state index in [0.29, 0.717) is 10.9 Å². The van der Waals surface area contributed by atoms with Crippen LogP contribution < -0.4 is 0 Å². The number of halogens is 1. The van der Waals surface area contributed by atoms with Gasteiger partial charge in [-0.25, -0.2) is 8.42 Å². The molecule has 2 aromatic carbocycles. The highest BCUT2D eigenvalue weighted by Gasteiger charge is 2.22. The first kappa shape index (κ1) is 15.0. The summed E-state index contributed by atoms with van der Waals surface area (Å²) in [6.07, 6.45) is 2.18. The summed E-state index contributed by atoms with van der Waals surface area (Å²) in [5, 5.41) is 0.891. The molecule has 0 atom stereocenters. The monoisotopic (exact) mass is 331 g/mol. The van der Waals surface area contributed by atoms with Crippen LogP contribution in [0.3, 0.4) is 0 Å². The van der Waals surface area contributed by atoms with Gasteiger partial charge in [0.1, 0.15) is 4.90 Å². The maximum Gasteiger partial charge on any atom is 0.209 e. The van der Waals surface area contributed by atoms with Crippen molar-refractivity contribution < 1.29 is 8.42 Å². The van der Waals surface area contributed by atoms with E-state index < -0.39 is 9.84 Å². The molecule has 0 saturated heterocycles. The lowest BCUT2D eigenvalue weighted by Crippen LogP contribution is -2.04. The number of pyridine rings is 1. The fourth-order valence-electron chi connectivity index (χ4n) is 2.32. The first-order valence-corrected chi connectivity index (χ1v) is 8.77. The topological polar surface area (TPSA) is 47.0 Å². The molecule has 0 N–H and O–H groups in total. The number of aryl methyl sites for hydroxylation is 1. The van der Waals surface area contributed by atoms with E-state index in [1.807, 2.05) is 25.1 Å². The Labute approximate surface area is 134 Å². The van der Waals surface area contributed by atoms with Crippen molar-refractivity contribution in [3.63, 3.8) is 0 Å². The molecule has 3 aromatic rings. The molecule has 0 spiro atoms. The molecule has 1 heterocycles. The van der Waals surface area contributed by atoms with Gasteiger partial charge in [-0.2, -0.15) is 0 Å². The lowest BCUT2D eigenvalue weighted by atomic mass is 10.1. The van der Waals surface area contributed by atoms with Crippen LogP contribution in [0.1, 0.15) is 12.5 Å². The van der Waals surface area contributed by atoms with Crippen LogP contribution in [0.25, 0.3) is 10.9 Å². The number of fused-ring (bicyclic) bond motifs is 1. The maximum absolute atomic E-state index is 12.7. The van der Waals surface area contributed by atoms with E-state index in [1.165, 1.54) is 6.20 Å². The normalized spacial score (nSPS) is 11.7. The van der Waals surface area contributed by atoms with Crippen LogP contribution in [-0.2, 0) is 16.3 Å². The Kier molecular flexibility index (Phi) is 3.89. The standard InChI is InChI=1S/C17H14ClNO2S/c1-2-12-8-9-15-14(10-12)17(18)16(11-19-15)22(20,21)13-6-4-3-5-7-13/h3-11H,2H2,1H3. The molecule has 112 valence electrons. The van der Waals surface area contributed by atoms with Crippen molar-refractivity contribution in [2.75, 3.05) is 0 Å². The predicted octanol–water partition coefficient (Wildman–Crippen LogP) is 4.28. The zero-order valence-corrected chi connectivity index (χ0v) is 13.5. The second kappa shape index (κ2) is 5.71. The van der Waals surface area contributed by atoms with Gasteiger partial charge in [0.15, 0.2) is 0 Å². The van der Waals surface area contributed by atoms with E-state index in [-0.39, 0.29) is 14.8 Å². The quantitative estimate of drug-likeness (QED) is 0.719. The number of hydrogen-bond donors (Lipinski definition) is 0. The first-order chi connectivity index (χ1) is 10.5. The number of benzene rings is 2. The van der Waals surface area contributed by atoms with Gasteiger partial charge in [0, 0.05) is 11.6 Å². The van der Waals surface area contributed by atoms with Gasteiger partial charge in [0.25, 0.3) is 0 Å². The molecule has 0 aliphatic rings. The van der Waals surface area contributed by atoms with Crippen molar-refractivity contribution in [1.29, 1.82) is 0 Å². The number of aromatic nitrogens is 1. The van der Waals surface area contributed by atoms with Gasteiger partial charge in [-0.05, 0) is 36.2 Å². The second-order valence-corrected chi connectivity index (χ2v) is 7.25. The van der Waals surface area contributed by atoms with Crippen LogP contribution in [0.2, 0.25) is 5.02 Å². The highest BCUT2D eigenvalue weighted by molar-refractivity contribution is 7.91. The largest absolute Gasteiger partial charge is 0.255 e. The van der Waals surface area contributed by atoms with Crippen molar-refractivity contribution in [2.24, 2.45) is 0 Å². The third kappa shape index (κ3) is 2.49. The van der Waals surface area contributed by atoms with Crippen LogP contribution >= 0.6 is 11.6 Å². The van der Waals surface area contributed by atoms with Gasteiger partial charge in [-0.15, -0.1) is 0 Å². The van der Waals surface area contributed by atoms with E-state index in [0.717, 1.165) is 12.0 Å². The molecular formula is C17H14ClNO2S. The molecule has 0 saturated carbocycles. The van der Waals surface area contributed by atoms with Crippen LogP contribution in [0, 0.1) is 0 Å². The summed E-state index contributed by atoms with van der Waals surface area (Å²) >= 11 is 6.39. The van der Waals surface area contributed by atoms with Crippen LogP contribution in [0.15, 0.2) is 64.5 Å². The van der Waals surface area contributed by atoms with Crippen LogP contribution in [0.4, 0.5) is 0 Å². The Morgan fingerprint density at radius 3 is 2.50 bits per heavy atom. The Morgan fingerprint density at radius 1 is 1.09 bits per heavy atom. The minimum atomic E-state index is -3.68. The summed E-state index contributed by atoms with van der Waals surface area (Å²) in [6.45, 7) is 2.03. The average Bonchev–Trinajstić information content (AvgIpc) is 2.55. The lowest BCUT2D eigenvalue weighted by Gasteiger charge is -2.09. The molecule has 0 aliphatic carbocycles. The van der Waals surface area contributed by atoms with Gasteiger partial charge in [0.05, 0.1) is 15.4 Å². The molecule has 0 radical (unpaired) electrons. The molecule has 3 rings (SSSR count). The van der Waals surface area contributed by atoms with Crippen molar-refractivity contribution in [2.45, 2.75) is 23.1 Å². The molecule has 0 unspecified atom stereocenters. The molecule has 3 nitrogen and oxygen atoms in total. The molecular weight excluding hydrogens is 318 g/mol. The molecule has 1 aromatic heterocycles. The van der Waals surface area contributed by atoms with Gasteiger partial charge in [0.2, 0.25) is 9.84 Å². The summed E-state index contributed by atoms with van der Waals surface area (Å²) < 4.78 is 25.5. The minimum Gasteiger partial charge on any atom is -0.255 e. The zero-order chi connectivity index (χ0) is 15.7. The van der Waals surface area contributed by atoms with E-state index in [1.54, 1.807) is 30.3 Å². The third-order valence-corrected chi connectivity index (χ3v) is 5.89. The van der Waals surface area contributed by atoms with Gasteiger partial charge in [-0.1, -0.05) is 42.8 Å².